The molecule has 0 spiro atoms. The molecule has 43 heavy (non-hydrogen) atoms. The smallest absolute Gasteiger partial charge is 0.187 e. The molecule has 17 nitrogen and oxygen atoms in total. The minimum Gasteiger partial charge on any atom is -0.398 e. The molecule has 0 amide bonds. The lowest BCUT2D eigenvalue weighted by atomic mass is 9.96. The van der Waals surface area contributed by atoms with Crippen LogP contribution in [0.5, 0.6) is 0 Å². The summed E-state index contributed by atoms with van der Waals surface area (Å²) in [5.41, 5.74) is 6.65. The molecular weight excluding hydrogens is 606 g/mol. The van der Waals surface area contributed by atoms with E-state index in [9.17, 15) is 51.1 Å². The fraction of sp³-hybridized carbons (Fsp3) is 0.760. The van der Waals surface area contributed by atoms with Gasteiger partial charge in [-0.25, -0.2) is 0 Å². The molecule has 0 aromatic heterocycles. The molecule has 4 rings (SSSR count). The first-order chi connectivity index (χ1) is 20.4. The first-order valence-corrected chi connectivity index (χ1v) is 13.8. The Labute approximate surface area is 250 Å². The number of anilines is 1. The van der Waals surface area contributed by atoms with Crippen molar-refractivity contribution in [3.8, 4) is 0 Å². The van der Waals surface area contributed by atoms with Crippen LogP contribution in [-0.2, 0) is 35.0 Å². The number of hydrogen-bond donors (Lipinski definition) is 11. The Morgan fingerprint density at radius 2 is 1.09 bits per heavy atom. The van der Waals surface area contributed by atoms with Crippen LogP contribution in [0.4, 0.5) is 5.69 Å². The van der Waals surface area contributed by atoms with Gasteiger partial charge >= 0.3 is 0 Å². The number of halogens is 1. The van der Waals surface area contributed by atoms with E-state index >= 15 is 0 Å². The van der Waals surface area contributed by atoms with E-state index in [4.69, 9.17) is 45.8 Å². The lowest BCUT2D eigenvalue weighted by Crippen LogP contribution is -2.66. The highest BCUT2D eigenvalue weighted by atomic mass is 35.5. The third-order valence-corrected chi connectivity index (χ3v) is 7.89. The largest absolute Gasteiger partial charge is 0.398 e. The number of hydrogen-bond acceptors (Lipinski definition) is 17. The molecule has 0 radical (unpaired) electrons. The molecule has 1 aromatic carbocycles. The number of benzene rings is 1. The first-order valence-electron chi connectivity index (χ1n) is 13.4. The molecule has 0 aliphatic carbocycles. The zero-order chi connectivity index (χ0) is 31.6. The van der Waals surface area contributed by atoms with Crippen LogP contribution in [0.15, 0.2) is 18.2 Å². The maximum Gasteiger partial charge on any atom is 0.187 e. The van der Waals surface area contributed by atoms with Crippen molar-refractivity contribution in [2.45, 2.75) is 98.7 Å². The SMILES string of the molecule is Nc1cc(COC2OC(CO)C(OC3OC(CO)C(OC4OC(CO)C(O)C(O)C4O)C(O)C3O)C(O)C2O)ccc1Cl. The molecular formula is C25H38ClNO16. The molecule has 3 aliphatic heterocycles. The molecule has 15 atom stereocenters. The van der Waals surface area contributed by atoms with Crippen LogP contribution in [0.3, 0.4) is 0 Å². The van der Waals surface area contributed by atoms with Gasteiger partial charge in [-0.2, -0.15) is 0 Å². The Kier molecular flexibility index (Phi) is 11.9. The van der Waals surface area contributed by atoms with E-state index in [-0.39, 0.29) is 6.61 Å². The van der Waals surface area contributed by atoms with E-state index in [1.807, 2.05) is 0 Å². The van der Waals surface area contributed by atoms with Gasteiger partial charge in [0.2, 0.25) is 0 Å². The Balaban J connectivity index is 1.40. The van der Waals surface area contributed by atoms with Gasteiger partial charge in [-0.1, -0.05) is 17.7 Å². The van der Waals surface area contributed by atoms with Gasteiger partial charge in [0, 0.05) is 0 Å². The van der Waals surface area contributed by atoms with Crippen LogP contribution in [0.2, 0.25) is 5.02 Å². The van der Waals surface area contributed by atoms with Crippen molar-refractivity contribution < 1.29 is 79.5 Å². The second-order valence-electron chi connectivity index (χ2n) is 10.5. The monoisotopic (exact) mass is 643 g/mol. The van der Waals surface area contributed by atoms with Gasteiger partial charge in [-0.05, 0) is 17.7 Å². The van der Waals surface area contributed by atoms with Crippen molar-refractivity contribution in [1.29, 1.82) is 0 Å². The molecule has 0 saturated carbocycles. The second-order valence-corrected chi connectivity index (χ2v) is 10.9. The van der Waals surface area contributed by atoms with Gasteiger partial charge in [-0.3, -0.25) is 0 Å². The van der Waals surface area contributed by atoms with Crippen LogP contribution in [0, 0.1) is 0 Å². The van der Waals surface area contributed by atoms with Crippen LogP contribution >= 0.6 is 11.6 Å². The summed E-state index contributed by atoms with van der Waals surface area (Å²) >= 11 is 5.91. The Hall–Kier alpha value is -1.33. The van der Waals surface area contributed by atoms with Crippen LogP contribution in [-0.4, -0.2) is 163 Å². The van der Waals surface area contributed by atoms with Gasteiger partial charge in [0.25, 0.3) is 0 Å². The topological polar surface area (TPSA) is 284 Å². The van der Waals surface area contributed by atoms with Crippen molar-refractivity contribution in [3.63, 3.8) is 0 Å². The number of ether oxygens (including phenoxy) is 6. The van der Waals surface area contributed by atoms with E-state index < -0.39 is 112 Å². The van der Waals surface area contributed by atoms with Gasteiger partial charge in [-0.15, -0.1) is 0 Å². The Morgan fingerprint density at radius 3 is 1.60 bits per heavy atom. The fourth-order valence-electron chi connectivity index (χ4n) is 5.04. The molecule has 3 saturated heterocycles. The number of nitrogens with two attached hydrogens (primary N) is 1. The molecule has 0 bridgehead atoms. The summed E-state index contributed by atoms with van der Waals surface area (Å²) in [5.74, 6) is 0. The average Bonchev–Trinajstić information content (AvgIpc) is 3.00. The average molecular weight is 644 g/mol. The van der Waals surface area contributed by atoms with Crippen molar-refractivity contribution in [2.24, 2.45) is 0 Å². The zero-order valence-corrected chi connectivity index (χ0v) is 23.4. The molecule has 246 valence electrons. The van der Waals surface area contributed by atoms with Gasteiger partial charge < -0.3 is 85.2 Å². The van der Waals surface area contributed by atoms with E-state index in [2.05, 4.69) is 0 Å². The predicted octanol–water partition coefficient (Wildman–Crippen LogP) is -5.11. The quantitative estimate of drug-likeness (QED) is 0.106. The summed E-state index contributed by atoms with van der Waals surface area (Å²) in [6.07, 6.45) is -24.7. The van der Waals surface area contributed by atoms with Crippen molar-refractivity contribution in [1.82, 2.24) is 0 Å². The fourth-order valence-corrected chi connectivity index (χ4v) is 5.16. The molecule has 1 aromatic rings. The molecule has 3 aliphatic rings. The molecule has 12 N–H and O–H groups in total. The van der Waals surface area contributed by atoms with Crippen molar-refractivity contribution in [2.75, 3.05) is 25.6 Å². The highest BCUT2D eigenvalue weighted by Gasteiger charge is 2.53. The summed E-state index contributed by atoms with van der Waals surface area (Å²) in [6, 6.07) is 4.72. The molecule has 15 unspecified atom stereocenters. The van der Waals surface area contributed by atoms with E-state index in [1.54, 1.807) is 18.2 Å². The third kappa shape index (κ3) is 7.40. The minimum absolute atomic E-state index is 0.107. The minimum atomic E-state index is -1.93. The second kappa shape index (κ2) is 14.8. The lowest BCUT2D eigenvalue weighted by molar-refractivity contribution is -0.379. The van der Waals surface area contributed by atoms with E-state index in [0.717, 1.165) is 0 Å². The number of aliphatic hydroxyl groups is 10. The maximum absolute atomic E-state index is 10.8. The third-order valence-electron chi connectivity index (χ3n) is 7.55. The van der Waals surface area contributed by atoms with E-state index in [0.29, 0.717) is 16.3 Å². The summed E-state index contributed by atoms with van der Waals surface area (Å²) in [6.45, 7) is -2.42. The molecule has 3 fully saturated rings. The zero-order valence-electron chi connectivity index (χ0n) is 22.6. The Morgan fingerprint density at radius 1 is 0.628 bits per heavy atom. The van der Waals surface area contributed by atoms with Crippen LogP contribution in [0.25, 0.3) is 0 Å². The lowest BCUT2D eigenvalue weighted by Gasteiger charge is -2.48. The van der Waals surface area contributed by atoms with Crippen LogP contribution in [0.1, 0.15) is 5.56 Å². The van der Waals surface area contributed by atoms with Gasteiger partial charge in [0.15, 0.2) is 18.9 Å². The highest BCUT2D eigenvalue weighted by molar-refractivity contribution is 6.33. The number of aliphatic hydroxyl groups excluding tert-OH is 10. The summed E-state index contributed by atoms with van der Waals surface area (Å²) in [7, 11) is 0. The number of nitrogen functional groups attached to an aromatic ring is 1. The number of rotatable bonds is 10. The summed E-state index contributed by atoms with van der Waals surface area (Å²) < 4.78 is 33.1. The normalized spacial score (nSPS) is 43.9. The first kappa shape index (κ1) is 34.5. The van der Waals surface area contributed by atoms with Crippen molar-refractivity contribution >= 4 is 17.3 Å². The Bertz CT molecular complexity index is 1040. The standard InChI is InChI=1S/C25H38ClNO16/c26-9-2-1-8(3-10(9)27)7-38-23-19(36)16(33)21(12(5-29)40-23)43-25-20(37)17(34)22(13(6-30)41-25)42-24-18(35)15(32)14(31)11(4-28)39-24/h1-3,11-25,28-37H,4-7,27H2. The van der Waals surface area contributed by atoms with Gasteiger partial charge in [0.05, 0.1) is 37.1 Å². The van der Waals surface area contributed by atoms with Crippen molar-refractivity contribution in [3.05, 3.63) is 28.8 Å². The molecule has 18 heteroatoms. The highest BCUT2D eigenvalue weighted by Crippen LogP contribution is 2.33. The van der Waals surface area contributed by atoms with Gasteiger partial charge in [0.1, 0.15) is 73.2 Å². The van der Waals surface area contributed by atoms with E-state index in [1.165, 1.54) is 0 Å². The summed E-state index contributed by atoms with van der Waals surface area (Å²) in [4.78, 5) is 0. The van der Waals surface area contributed by atoms with Crippen LogP contribution < -0.4 is 5.73 Å². The summed E-state index contributed by atoms with van der Waals surface area (Å²) in [5, 5.41) is 103. The molecule has 3 heterocycles. The maximum atomic E-state index is 10.8. The predicted molar refractivity (Wildman–Crippen MR) is 140 cm³/mol.